The third kappa shape index (κ3) is 2.87. The van der Waals surface area contributed by atoms with Crippen molar-refractivity contribution in [3.05, 3.63) is 11.9 Å². The van der Waals surface area contributed by atoms with Crippen LogP contribution in [0.3, 0.4) is 0 Å². The van der Waals surface area contributed by atoms with Gasteiger partial charge in [0.05, 0.1) is 0 Å². The number of nitrogens with zero attached hydrogens (tertiary/aromatic N) is 3. The Bertz CT molecular complexity index is 362. The SMILES string of the molecule is CCC(C)N(C)c1ncnc(NC)c1C(C)C. The van der Waals surface area contributed by atoms with Crippen molar-refractivity contribution in [1.29, 1.82) is 0 Å². The fourth-order valence-corrected chi connectivity index (χ4v) is 1.88. The van der Waals surface area contributed by atoms with E-state index in [-0.39, 0.29) is 0 Å². The minimum Gasteiger partial charge on any atom is -0.373 e. The standard InChI is InChI=1S/C13H24N4/c1-7-10(4)17(6)13-11(9(2)3)12(14-5)15-8-16-13/h8-10H,7H2,1-6H3,(H,14,15,16). The average molecular weight is 236 g/mol. The minimum atomic E-state index is 0.403. The zero-order valence-electron chi connectivity index (χ0n) is 11.8. The van der Waals surface area contributed by atoms with Crippen LogP contribution in [-0.2, 0) is 0 Å². The molecule has 1 unspecified atom stereocenters. The molecule has 4 heteroatoms. The lowest BCUT2D eigenvalue weighted by Crippen LogP contribution is -2.30. The number of anilines is 2. The largest absolute Gasteiger partial charge is 0.373 e. The normalized spacial score (nSPS) is 12.6. The van der Waals surface area contributed by atoms with Crippen molar-refractivity contribution in [2.24, 2.45) is 0 Å². The molecule has 1 rings (SSSR count). The fourth-order valence-electron chi connectivity index (χ4n) is 1.88. The van der Waals surface area contributed by atoms with Gasteiger partial charge in [0.1, 0.15) is 18.0 Å². The second-order valence-corrected chi connectivity index (χ2v) is 4.73. The van der Waals surface area contributed by atoms with Crippen LogP contribution in [0.2, 0.25) is 0 Å². The maximum absolute atomic E-state index is 4.45. The molecule has 1 aromatic heterocycles. The molecule has 17 heavy (non-hydrogen) atoms. The van der Waals surface area contributed by atoms with Crippen LogP contribution in [0.4, 0.5) is 11.6 Å². The lowest BCUT2D eigenvalue weighted by molar-refractivity contribution is 0.649. The van der Waals surface area contributed by atoms with Gasteiger partial charge >= 0.3 is 0 Å². The van der Waals surface area contributed by atoms with Crippen LogP contribution in [0.1, 0.15) is 45.6 Å². The molecule has 0 amide bonds. The first kappa shape index (κ1) is 13.7. The maximum atomic E-state index is 4.45. The van der Waals surface area contributed by atoms with E-state index in [0.717, 1.165) is 18.1 Å². The van der Waals surface area contributed by atoms with Gasteiger partial charge < -0.3 is 10.2 Å². The molecule has 0 radical (unpaired) electrons. The van der Waals surface area contributed by atoms with Gasteiger partial charge in [-0.25, -0.2) is 9.97 Å². The van der Waals surface area contributed by atoms with Gasteiger partial charge in [-0.1, -0.05) is 20.8 Å². The van der Waals surface area contributed by atoms with Crippen molar-refractivity contribution in [3.8, 4) is 0 Å². The van der Waals surface area contributed by atoms with Crippen LogP contribution in [0.25, 0.3) is 0 Å². The van der Waals surface area contributed by atoms with E-state index in [9.17, 15) is 0 Å². The molecule has 0 saturated carbocycles. The van der Waals surface area contributed by atoms with Gasteiger partial charge in [0.15, 0.2) is 0 Å². The summed E-state index contributed by atoms with van der Waals surface area (Å²) in [5.74, 6) is 2.37. The van der Waals surface area contributed by atoms with Crippen LogP contribution in [0.5, 0.6) is 0 Å². The van der Waals surface area contributed by atoms with E-state index < -0.39 is 0 Å². The Kier molecular flexibility index (Phi) is 4.73. The second kappa shape index (κ2) is 5.84. The topological polar surface area (TPSA) is 41.1 Å². The predicted molar refractivity (Wildman–Crippen MR) is 73.8 cm³/mol. The maximum Gasteiger partial charge on any atom is 0.137 e. The molecule has 0 aliphatic heterocycles. The fraction of sp³-hybridized carbons (Fsp3) is 0.692. The molecule has 1 N–H and O–H groups in total. The van der Waals surface area contributed by atoms with E-state index in [1.54, 1.807) is 6.33 Å². The average Bonchev–Trinajstić information content (AvgIpc) is 2.35. The predicted octanol–water partition coefficient (Wildman–Crippen LogP) is 2.88. The van der Waals surface area contributed by atoms with Crippen molar-refractivity contribution in [3.63, 3.8) is 0 Å². The van der Waals surface area contributed by atoms with Crippen LogP contribution >= 0.6 is 0 Å². The summed E-state index contributed by atoms with van der Waals surface area (Å²) < 4.78 is 0. The second-order valence-electron chi connectivity index (χ2n) is 4.73. The zero-order chi connectivity index (χ0) is 13.0. The molecule has 0 aromatic carbocycles. The molecular formula is C13H24N4. The first-order chi connectivity index (χ1) is 8.02. The number of aromatic nitrogens is 2. The van der Waals surface area contributed by atoms with Crippen molar-refractivity contribution in [2.45, 2.75) is 46.1 Å². The van der Waals surface area contributed by atoms with Crippen molar-refractivity contribution >= 4 is 11.6 Å². The van der Waals surface area contributed by atoms with Gasteiger partial charge in [0.2, 0.25) is 0 Å². The number of hydrogen-bond acceptors (Lipinski definition) is 4. The van der Waals surface area contributed by atoms with Crippen molar-refractivity contribution in [2.75, 3.05) is 24.3 Å². The Hall–Kier alpha value is -1.32. The molecule has 0 saturated heterocycles. The minimum absolute atomic E-state index is 0.403. The quantitative estimate of drug-likeness (QED) is 0.853. The Balaban J connectivity index is 3.22. The van der Waals surface area contributed by atoms with Gasteiger partial charge in [0, 0.05) is 25.7 Å². The molecule has 0 aliphatic rings. The molecule has 0 spiro atoms. The Morgan fingerprint density at radius 2 is 1.94 bits per heavy atom. The highest BCUT2D eigenvalue weighted by molar-refractivity contribution is 5.60. The molecule has 1 aromatic rings. The van der Waals surface area contributed by atoms with Crippen LogP contribution in [0.15, 0.2) is 6.33 Å². The first-order valence-corrected chi connectivity index (χ1v) is 6.28. The van der Waals surface area contributed by atoms with Crippen LogP contribution in [-0.4, -0.2) is 30.1 Å². The summed E-state index contributed by atoms with van der Waals surface area (Å²) in [6.45, 7) is 8.75. The van der Waals surface area contributed by atoms with Gasteiger partial charge in [-0.15, -0.1) is 0 Å². The highest BCUT2D eigenvalue weighted by atomic mass is 15.2. The summed E-state index contributed by atoms with van der Waals surface area (Å²) in [5, 5.41) is 3.15. The lowest BCUT2D eigenvalue weighted by atomic mass is 10.0. The highest BCUT2D eigenvalue weighted by Crippen LogP contribution is 2.30. The Morgan fingerprint density at radius 1 is 1.29 bits per heavy atom. The van der Waals surface area contributed by atoms with E-state index in [2.05, 4.69) is 54.9 Å². The molecule has 0 fully saturated rings. The third-order valence-electron chi connectivity index (χ3n) is 3.26. The summed E-state index contributed by atoms with van der Waals surface area (Å²) in [7, 11) is 4.00. The van der Waals surface area contributed by atoms with E-state index in [0.29, 0.717) is 12.0 Å². The summed E-state index contributed by atoms with van der Waals surface area (Å²) in [6.07, 6.45) is 2.73. The lowest BCUT2D eigenvalue weighted by Gasteiger charge is -2.28. The van der Waals surface area contributed by atoms with Crippen molar-refractivity contribution in [1.82, 2.24) is 9.97 Å². The van der Waals surface area contributed by atoms with Gasteiger partial charge in [-0.3, -0.25) is 0 Å². The van der Waals surface area contributed by atoms with Gasteiger partial charge in [-0.05, 0) is 19.3 Å². The highest BCUT2D eigenvalue weighted by Gasteiger charge is 2.19. The first-order valence-electron chi connectivity index (χ1n) is 6.28. The van der Waals surface area contributed by atoms with E-state index >= 15 is 0 Å². The molecule has 96 valence electrons. The van der Waals surface area contributed by atoms with Gasteiger partial charge in [-0.2, -0.15) is 0 Å². The number of hydrogen-bond donors (Lipinski definition) is 1. The molecular weight excluding hydrogens is 212 g/mol. The summed E-state index contributed by atoms with van der Waals surface area (Å²) in [6, 6.07) is 0.479. The smallest absolute Gasteiger partial charge is 0.137 e. The van der Waals surface area contributed by atoms with Gasteiger partial charge in [0.25, 0.3) is 0 Å². The van der Waals surface area contributed by atoms with Crippen LogP contribution in [0, 0.1) is 0 Å². The van der Waals surface area contributed by atoms with E-state index in [4.69, 9.17) is 0 Å². The molecule has 4 nitrogen and oxygen atoms in total. The van der Waals surface area contributed by atoms with E-state index in [1.165, 1.54) is 5.56 Å². The number of rotatable bonds is 5. The molecule has 0 aliphatic carbocycles. The number of nitrogens with one attached hydrogen (secondary N) is 1. The third-order valence-corrected chi connectivity index (χ3v) is 3.26. The van der Waals surface area contributed by atoms with Crippen molar-refractivity contribution < 1.29 is 0 Å². The summed E-state index contributed by atoms with van der Waals surface area (Å²) >= 11 is 0. The molecule has 1 heterocycles. The van der Waals surface area contributed by atoms with Crippen LogP contribution < -0.4 is 10.2 Å². The Labute approximate surface area is 104 Å². The monoisotopic (exact) mass is 236 g/mol. The zero-order valence-corrected chi connectivity index (χ0v) is 11.8. The summed E-state index contributed by atoms with van der Waals surface area (Å²) in [5.41, 5.74) is 1.19. The molecule has 1 atom stereocenters. The Morgan fingerprint density at radius 3 is 2.41 bits per heavy atom. The van der Waals surface area contributed by atoms with E-state index in [1.807, 2.05) is 7.05 Å². The summed E-state index contributed by atoms with van der Waals surface area (Å²) in [4.78, 5) is 11.0. The molecule has 0 bridgehead atoms.